The number of aliphatic carboxylic acids is 1. The first-order chi connectivity index (χ1) is 10.7. The fourth-order valence-electron chi connectivity index (χ4n) is 3.08. The van der Waals surface area contributed by atoms with Gasteiger partial charge in [-0.05, 0) is 25.0 Å². The molecule has 1 aromatic rings. The van der Waals surface area contributed by atoms with E-state index in [1.165, 1.54) is 0 Å². The first kappa shape index (κ1) is 15.6. The maximum atomic E-state index is 14.2. The number of alkyl halides is 3. The molecule has 2 aliphatic heterocycles. The highest BCUT2D eigenvalue weighted by molar-refractivity contribution is 6.31. The van der Waals surface area contributed by atoms with Crippen LogP contribution in [0.25, 0.3) is 0 Å². The molecule has 23 heavy (non-hydrogen) atoms. The second-order valence-electron chi connectivity index (χ2n) is 5.41. The number of rotatable bonds is 0. The maximum Gasteiger partial charge on any atom is 0.416 e. The zero-order valence-electron chi connectivity index (χ0n) is 11.6. The lowest BCUT2D eigenvalue weighted by atomic mass is 9.93. The van der Waals surface area contributed by atoms with Crippen LogP contribution in [-0.2, 0) is 15.8 Å². The molecular formula is C14H11F4NO4. The quantitative estimate of drug-likeness (QED) is 0.585. The smallest absolute Gasteiger partial charge is 0.416 e. The van der Waals surface area contributed by atoms with Crippen LogP contribution in [0.1, 0.15) is 30.0 Å². The van der Waals surface area contributed by atoms with Crippen LogP contribution in [0.4, 0.5) is 17.6 Å². The van der Waals surface area contributed by atoms with Crippen molar-refractivity contribution in [1.82, 2.24) is 4.90 Å². The Morgan fingerprint density at radius 3 is 2.61 bits per heavy atom. The van der Waals surface area contributed by atoms with E-state index in [2.05, 4.69) is 0 Å². The van der Waals surface area contributed by atoms with Gasteiger partial charge in [-0.15, -0.1) is 0 Å². The summed E-state index contributed by atoms with van der Waals surface area (Å²) in [6.07, 6.45) is -4.67. The molecule has 0 bridgehead atoms. The summed E-state index contributed by atoms with van der Waals surface area (Å²) in [7, 11) is 0. The van der Waals surface area contributed by atoms with E-state index in [1.807, 2.05) is 0 Å². The van der Waals surface area contributed by atoms with Crippen LogP contribution < -0.4 is 4.74 Å². The molecule has 0 aromatic heterocycles. The van der Waals surface area contributed by atoms with Gasteiger partial charge in [0, 0.05) is 6.54 Å². The number of fused-ring (bicyclic) bond motifs is 3. The van der Waals surface area contributed by atoms with Crippen LogP contribution in [0.2, 0.25) is 0 Å². The lowest BCUT2D eigenvalue weighted by molar-refractivity contribution is -0.159. The molecule has 2 aliphatic rings. The molecule has 5 nitrogen and oxygen atoms in total. The van der Waals surface area contributed by atoms with Crippen molar-refractivity contribution in [3.8, 4) is 5.75 Å². The number of nitrogens with zero attached hydrogens (tertiary/aromatic N) is 1. The van der Waals surface area contributed by atoms with Crippen molar-refractivity contribution in [3.05, 3.63) is 29.1 Å². The Labute approximate surface area is 127 Å². The van der Waals surface area contributed by atoms with E-state index in [0.29, 0.717) is 25.0 Å². The Bertz CT molecular complexity index is 688. The van der Waals surface area contributed by atoms with Crippen LogP contribution >= 0.6 is 0 Å². The lowest BCUT2D eigenvalue weighted by Gasteiger charge is -2.35. The van der Waals surface area contributed by atoms with E-state index in [9.17, 15) is 27.2 Å². The zero-order valence-corrected chi connectivity index (χ0v) is 11.6. The van der Waals surface area contributed by atoms with Gasteiger partial charge in [0.1, 0.15) is 23.7 Å². The van der Waals surface area contributed by atoms with Gasteiger partial charge in [0.2, 0.25) is 0 Å². The third-order valence-corrected chi connectivity index (χ3v) is 4.01. The summed E-state index contributed by atoms with van der Waals surface area (Å²) in [5.41, 5.74) is -1.39. The van der Waals surface area contributed by atoms with Gasteiger partial charge in [0.15, 0.2) is 0 Å². The topological polar surface area (TPSA) is 66.8 Å². The van der Waals surface area contributed by atoms with Gasteiger partial charge in [-0.3, -0.25) is 4.79 Å². The number of carbonyl (C=O) groups excluding carboxylic acids is 1. The second-order valence-corrected chi connectivity index (χ2v) is 5.41. The molecule has 0 saturated carbocycles. The van der Waals surface area contributed by atoms with E-state index in [1.54, 1.807) is 0 Å². The van der Waals surface area contributed by atoms with Crippen molar-refractivity contribution in [2.24, 2.45) is 0 Å². The Kier molecular flexibility index (Phi) is 3.46. The number of likely N-dealkylation sites (tertiary alicyclic amines) is 1. The Morgan fingerprint density at radius 2 is 2.00 bits per heavy atom. The van der Waals surface area contributed by atoms with Gasteiger partial charge in [-0.1, -0.05) is 0 Å². The summed E-state index contributed by atoms with van der Waals surface area (Å²) < 4.78 is 57.8. The van der Waals surface area contributed by atoms with E-state index >= 15 is 0 Å². The first-order valence-corrected chi connectivity index (χ1v) is 6.81. The molecule has 1 aromatic carbocycles. The SMILES string of the molecule is O=C(O)C(=O)N1CCC[C@@H]2Oc3cc(C(F)(F)F)cc(F)c3[C@@H]21. The molecule has 124 valence electrons. The molecule has 0 unspecified atom stereocenters. The highest BCUT2D eigenvalue weighted by Gasteiger charge is 2.47. The summed E-state index contributed by atoms with van der Waals surface area (Å²) in [6, 6.07) is -0.00686. The molecule has 3 rings (SSSR count). The summed E-state index contributed by atoms with van der Waals surface area (Å²) in [4.78, 5) is 23.6. The number of hydrogen-bond donors (Lipinski definition) is 1. The standard InChI is InChI=1S/C14H11F4NO4/c15-7-4-6(14(16,17)18)5-9-10(7)11-8(23-9)2-1-3-19(11)12(20)13(21)22/h4-5,8,11H,1-3H2,(H,21,22)/t8-,11+/m0/s1. The molecule has 2 heterocycles. The molecule has 1 saturated heterocycles. The van der Waals surface area contributed by atoms with Crippen LogP contribution in [0.15, 0.2) is 12.1 Å². The normalized spacial score (nSPS) is 23.0. The summed E-state index contributed by atoms with van der Waals surface area (Å²) in [5, 5.41) is 8.85. The number of amides is 1. The highest BCUT2D eigenvalue weighted by Crippen LogP contribution is 2.47. The zero-order chi connectivity index (χ0) is 16.9. The van der Waals surface area contributed by atoms with Crippen LogP contribution in [0, 0.1) is 5.82 Å². The predicted octanol–water partition coefficient (Wildman–Crippen LogP) is 2.35. The number of carboxylic acid groups (broad SMARTS) is 1. The van der Waals surface area contributed by atoms with E-state index in [0.717, 1.165) is 4.90 Å². The Hall–Kier alpha value is -2.32. The molecule has 1 amide bonds. The van der Waals surface area contributed by atoms with Crippen molar-refractivity contribution < 1.29 is 37.0 Å². The summed E-state index contributed by atoms with van der Waals surface area (Å²) in [6.45, 7) is 0.0789. The first-order valence-electron chi connectivity index (χ1n) is 6.81. The van der Waals surface area contributed by atoms with Crippen molar-refractivity contribution in [3.63, 3.8) is 0 Å². The summed E-state index contributed by atoms with van der Waals surface area (Å²) >= 11 is 0. The van der Waals surface area contributed by atoms with E-state index < -0.39 is 41.6 Å². The number of carboxylic acids is 1. The monoisotopic (exact) mass is 333 g/mol. The lowest BCUT2D eigenvalue weighted by Crippen LogP contribution is -2.47. The third-order valence-electron chi connectivity index (χ3n) is 4.01. The minimum atomic E-state index is -4.73. The fraction of sp³-hybridized carbons (Fsp3) is 0.429. The molecule has 2 atom stereocenters. The minimum Gasteiger partial charge on any atom is -0.487 e. The number of hydrogen-bond acceptors (Lipinski definition) is 3. The van der Waals surface area contributed by atoms with Gasteiger partial charge >= 0.3 is 18.1 Å². The molecule has 0 spiro atoms. The fourth-order valence-corrected chi connectivity index (χ4v) is 3.08. The van der Waals surface area contributed by atoms with E-state index in [-0.39, 0.29) is 17.9 Å². The third kappa shape index (κ3) is 2.49. The molecule has 1 N–H and O–H groups in total. The second kappa shape index (κ2) is 5.10. The number of halogens is 4. The van der Waals surface area contributed by atoms with Crippen LogP contribution in [0.5, 0.6) is 5.75 Å². The minimum absolute atomic E-state index is 0.0789. The Morgan fingerprint density at radius 1 is 1.30 bits per heavy atom. The number of piperidine rings is 1. The van der Waals surface area contributed by atoms with Crippen molar-refractivity contribution in [1.29, 1.82) is 0 Å². The van der Waals surface area contributed by atoms with E-state index in [4.69, 9.17) is 9.84 Å². The van der Waals surface area contributed by atoms with Crippen molar-refractivity contribution >= 4 is 11.9 Å². The van der Waals surface area contributed by atoms with Crippen molar-refractivity contribution in [2.45, 2.75) is 31.2 Å². The maximum absolute atomic E-state index is 14.2. The summed E-state index contributed by atoms with van der Waals surface area (Å²) in [5.74, 6) is -4.38. The van der Waals surface area contributed by atoms with Gasteiger partial charge in [0.25, 0.3) is 0 Å². The molecule has 9 heteroatoms. The van der Waals surface area contributed by atoms with Gasteiger partial charge < -0.3 is 14.7 Å². The van der Waals surface area contributed by atoms with Gasteiger partial charge in [0.05, 0.1) is 11.1 Å². The average Bonchev–Trinajstić information content (AvgIpc) is 2.84. The molecule has 1 fully saturated rings. The number of ether oxygens (including phenoxy) is 1. The van der Waals surface area contributed by atoms with Crippen LogP contribution in [0.3, 0.4) is 0 Å². The van der Waals surface area contributed by atoms with Gasteiger partial charge in [-0.2, -0.15) is 13.2 Å². The number of carbonyl (C=O) groups is 2. The van der Waals surface area contributed by atoms with Crippen LogP contribution in [-0.4, -0.2) is 34.5 Å². The number of benzene rings is 1. The largest absolute Gasteiger partial charge is 0.487 e. The molecule has 0 radical (unpaired) electrons. The predicted molar refractivity (Wildman–Crippen MR) is 67.1 cm³/mol. The molecule has 0 aliphatic carbocycles. The van der Waals surface area contributed by atoms with Crippen molar-refractivity contribution in [2.75, 3.05) is 6.54 Å². The molecular weight excluding hydrogens is 322 g/mol. The van der Waals surface area contributed by atoms with Gasteiger partial charge in [-0.25, -0.2) is 9.18 Å². The Balaban J connectivity index is 2.06. The average molecular weight is 333 g/mol. The highest BCUT2D eigenvalue weighted by atomic mass is 19.4.